The number of halogens is 4. The fourth-order valence-electron chi connectivity index (χ4n) is 2.64. The molecule has 3 aromatic rings. The van der Waals surface area contributed by atoms with E-state index in [2.05, 4.69) is 25.3 Å². The molecule has 7 nitrogen and oxygen atoms in total. The number of nitrogens with one attached hydrogen (secondary N) is 2. The van der Waals surface area contributed by atoms with Crippen LogP contribution in [-0.2, 0) is 11.0 Å². The number of aromatic amines is 1. The number of carbonyl (C=O) groups is 1. The van der Waals surface area contributed by atoms with Crippen LogP contribution in [0.4, 0.5) is 19.0 Å². The summed E-state index contributed by atoms with van der Waals surface area (Å²) in [5, 5.41) is -0.0158. The van der Waals surface area contributed by atoms with E-state index in [0.717, 1.165) is 0 Å². The van der Waals surface area contributed by atoms with Crippen molar-refractivity contribution in [2.45, 2.75) is 6.18 Å². The highest BCUT2D eigenvalue weighted by Gasteiger charge is 2.37. The Labute approximate surface area is 162 Å². The zero-order valence-corrected chi connectivity index (χ0v) is 15.7. The zero-order chi connectivity index (χ0) is 20.6. The standard InChI is InChI=1S/C17H15ClF3N5O2/c1-26(2)12-5-4-8(15(23-12)17(19,20)21)13-10(18)6-11-14(24-13)9(7-22-11)16(27)25-28-3/h4-7,22H,1-3H3,(H,25,27). The van der Waals surface area contributed by atoms with Gasteiger partial charge >= 0.3 is 6.18 Å². The van der Waals surface area contributed by atoms with Gasteiger partial charge in [0, 0.05) is 25.9 Å². The average molecular weight is 414 g/mol. The Bertz CT molecular complexity index is 1050. The van der Waals surface area contributed by atoms with E-state index in [0.29, 0.717) is 5.52 Å². The second-order valence-corrected chi connectivity index (χ2v) is 6.42. The molecule has 0 aliphatic rings. The highest BCUT2D eigenvalue weighted by Crippen LogP contribution is 2.39. The molecule has 3 heterocycles. The molecule has 0 aromatic carbocycles. The molecule has 0 unspecified atom stereocenters. The lowest BCUT2D eigenvalue weighted by Crippen LogP contribution is -2.21. The van der Waals surface area contributed by atoms with Gasteiger partial charge in [0.25, 0.3) is 5.91 Å². The average Bonchev–Trinajstić information content (AvgIpc) is 3.02. The van der Waals surface area contributed by atoms with E-state index in [1.807, 2.05) is 0 Å². The topological polar surface area (TPSA) is 83.1 Å². The summed E-state index contributed by atoms with van der Waals surface area (Å²) in [5.41, 5.74) is 1.24. The largest absolute Gasteiger partial charge is 0.434 e. The second-order valence-electron chi connectivity index (χ2n) is 6.01. The van der Waals surface area contributed by atoms with Crippen LogP contribution in [0.25, 0.3) is 22.3 Å². The summed E-state index contributed by atoms with van der Waals surface area (Å²) in [6, 6.07) is 4.10. The van der Waals surface area contributed by atoms with Crippen LogP contribution >= 0.6 is 11.6 Å². The van der Waals surface area contributed by atoms with Gasteiger partial charge in [-0.1, -0.05) is 11.6 Å². The van der Waals surface area contributed by atoms with Gasteiger partial charge in [-0.3, -0.25) is 9.63 Å². The Morgan fingerprint density at radius 1 is 1.29 bits per heavy atom. The van der Waals surface area contributed by atoms with Crippen molar-refractivity contribution in [1.82, 2.24) is 20.4 Å². The molecule has 3 rings (SSSR count). The van der Waals surface area contributed by atoms with E-state index in [1.54, 1.807) is 14.1 Å². The molecule has 3 aromatic heterocycles. The zero-order valence-electron chi connectivity index (χ0n) is 15.0. The Kier molecular flexibility index (Phi) is 5.18. The summed E-state index contributed by atoms with van der Waals surface area (Å²) in [6.07, 6.45) is -3.36. The number of H-pyrrole nitrogens is 1. The highest BCUT2D eigenvalue weighted by molar-refractivity contribution is 6.33. The normalized spacial score (nSPS) is 11.7. The number of fused-ring (bicyclic) bond motifs is 1. The molecule has 0 bridgehead atoms. The van der Waals surface area contributed by atoms with Crippen molar-refractivity contribution in [2.75, 3.05) is 26.1 Å². The molecule has 0 atom stereocenters. The van der Waals surface area contributed by atoms with Gasteiger partial charge in [-0.15, -0.1) is 0 Å². The molecule has 0 aliphatic carbocycles. The molecular weight excluding hydrogens is 399 g/mol. The van der Waals surface area contributed by atoms with Gasteiger partial charge in [-0.25, -0.2) is 15.4 Å². The third-order valence-corrected chi connectivity index (χ3v) is 4.19. The third kappa shape index (κ3) is 3.60. The number of carbonyl (C=O) groups excluding carboxylic acids is 1. The lowest BCUT2D eigenvalue weighted by atomic mass is 10.1. The summed E-state index contributed by atoms with van der Waals surface area (Å²) in [5.74, 6) is -0.471. The van der Waals surface area contributed by atoms with Crippen LogP contribution in [0.2, 0.25) is 5.02 Å². The molecule has 28 heavy (non-hydrogen) atoms. The van der Waals surface area contributed by atoms with Gasteiger partial charge in [0.15, 0.2) is 5.69 Å². The summed E-state index contributed by atoms with van der Waals surface area (Å²) >= 11 is 6.20. The molecule has 0 saturated heterocycles. The number of aromatic nitrogens is 3. The van der Waals surface area contributed by atoms with E-state index in [9.17, 15) is 18.0 Å². The van der Waals surface area contributed by atoms with Gasteiger partial charge in [0.1, 0.15) is 11.3 Å². The first kappa shape index (κ1) is 19.9. The maximum Gasteiger partial charge on any atom is 0.434 e. The fourth-order valence-corrected chi connectivity index (χ4v) is 2.89. The van der Waals surface area contributed by atoms with Gasteiger partial charge in [0.05, 0.1) is 28.9 Å². The molecule has 0 radical (unpaired) electrons. The van der Waals surface area contributed by atoms with Crippen LogP contribution in [0.3, 0.4) is 0 Å². The number of alkyl halides is 3. The van der Waals surface area contributed by atoms with Crippen LogP contribution in [0.5, 0.6) is 0 Å². The van der Waals surface area contributed by atoms with Gasteiger partial charge in [-0.2, -0.15) is 13.2 Å². The molecule has 1 amide bonds. The van der Waals surface area contributed by atoms with Crippen molar-refractivity contribution in [1.29, 1.82) is 0 Å². The van der Waals surface area contributed by atoms with Gasteiger partial charge in [0.2, 0.25) is 0 Å². The number of rotatable bonds is 4. The minimum absolute atomic E-state index is 0.0158. The molecule has 0 saturated carbocycles. The van der Waals surface area contributed by atoms with Crippen LogP contribution < -0.4 is 10.4 Å². The summed E-state index contributed by atoms with van der Waals surface area (Å²) < 4.78 is 40.9. The van der Waals surface area contributed by atoms with Crippen LogP contribution in [0.1, 0.15) is 16.1 Å². The van der Waals surface area contributed by atoms with E-state index < -0.39 is 17.8 Å². The summed E-state index contributed by atoms with van der Waals surface area (Å²) in [6.45, 7) is 0. The maximum atomic E-state index is 13.6. The highest BCUT2D eigenvalue weighted by atomic mass is 35.5. The number of nitrogens with zero attached hydrogens (tertiary/aromatic N) is 3. The first-order valence-corrected chi connectivity index (χ1v) is 8.28. The van der Waals surface area contributed by atoms with Crippen molar-refractivity contribution in [3.63, 3.8) is 0 Å². The molecule has 11 heteroatoms. The quantitative estimate of drug-likeness (QED) is 0.638. The predicted octanol–water partition coefficient (Wildman–Crippen LogP) is 3.65. The van der Waals surface area contributed by atoms with E-state index in [-0.39, 0.29) is 33.2 Å². The second kappa shape index (κ2) is 7.28. The minimum Gasteiger partial charge on any atom is -0.363 e. The predicted molar refractivity (Wildman–Crippen MR) is 98.1 cm³/mol. The smallest absolute Gasteiger partial charge is 0.363 e. The number of amides is 1. The van der Waals surface area contributed by atoms with Crippen molar-refractivity contribution in [3.8, 4) is 11.3 Å². The Morgan fingerprint density at radius 3 is 2.61 bits per heavy atom. The monoisotopic (exact) mass is 413 g/mol. The lowest BCUT2D eigenvalue weighted by Gasteiger charge is -2.17. The van der Waals surface area contributed by atoms with Gasteiger partial charge < -0.3 is 9.88 Å². The number of hydroxylamine groups is 1. The third-order valence-electron chi connectivity index (χ3n) is 3.90. The lowest BCUT2D eigenvalue weighted by molar-refractivity contribution is -0.140. The molecule has 0 fully saturated rings. The summed E-state index contributed by atoms with van der Waals surface area (Å²) in [4.78, 5) is 28.9. The van der Waals surface area contributed by atoms with Gasteiger partial charge in [-0.05, 0) is 18.2 Å². The maximum absolute atomic E-state index is 13.6. The van der Waals surface area contributed by atoms with Crippen molar-refractivity contribution in [2.24, 2.45) is 0 Å². The van der Waals surface area contributed by atoms with Crippen molar-refractivity contribution >= 4 is 34.4 Å². The van der Waals surface area contributed by atoms with Crippen LogP contribution in [-0.4, -0.2) is 42.1 Å². The number of pyridine rings is 2. The minimum atomic E-state index is -4.73. The Balaban J connectivity index is 2.24. The number of hydrogen-bond donors (Lipinski definition) is 2. The summed E-state index contributed by atoms with van der Waals surface area (Å²) in [7, 11) is 4.43. The number of anilines is 1. The SMILES string of the molecule is CONC(=O)c1c[nH]c2cc(Cl)c(-c3ccc(N(C)C)nc3C(F)(F)F)nc12. The molecule has 2 N–H and O–H groups in total. The Morgan fingerprint density at radius 2 is 2.00 bits per heavy atom. The van der Waals surface area contributed by atoms with E-state index in [4.69, 9.17) is 11.6 Å². The van der Waals surface area contributed by atoms with E-state index >= 15 is 0 Å². The van der Waals surface area contributed by atoms with Crippen molar-refractivity contribution in [3.05, 3.63) is 40.7 Å². The van der Waals surface area contributed by atoms with Crippen LogP contribution in [0, 0.1) is 0 Å². The van der Waals surface area contributed by atoms with E-state index in [1.165, 1.54) is 36.4 Å². The molecule has 0 aliphatic heterocycles. The molecule has 148 valence electrons. The number of hydrogen-bond acceptors (Lipinski definition) is 5. The fraction of sp³-hybridized carbons (Fsp3) is 0.235. The first-order valence-electron chi connectivity index (χ1n) is 7.90. The van der Waals surface area contributed by atoms with Crippen molar-refractivity contribution < 1.29 is 22.8 Å². The van der Waals surface area contributed by atoms with Crippen LogP contribution in [0.15, 0.2) is 24.4 Å². The Hall–Kier alpha value is -2.85. The molecule has 0 spiro atoms. The first-order chi connectivity index (χ1) is 13.1. The molecular formula is C17H15ClF3N5O2.